The van der Waals surface area contributed by atoms with E-state index in [1.807, 2.05) is 18.2 Å². The molecule has 0 unspecified atom stereocenters. The largest absolute Gasteiger partial charge is 0.399 e. The predicted octanol–water partition coefficient (Wildman–Crippen LogP) is 1.06. The number of nitrogen functional groups attached to an aromatic ring is 1. The first kappa shape index (κ1) is 14.5. The molecule has 1 aromatic heterocycles. The summed E-state index contributed by atoms with van der Waals surface area (Å²) in [5.74, 6) is 0.862. The van der Waals surface area contributed by atoms with Crippen molar-refractivity contribution in [2.24, 2.45) is 0 Å². The second-order valence-corrected chi connectivity index (χ2v) is 5.36. The minimum absolute atomic E-state index is 0.108. The van der Waals surface area contributed by atoms with Crippen LogP contribution < -0.4 is 10.6 Å². The van der Waals surface area contributed by atoms with Gasteiger partial charge in [0.05, 0.1) is 6.54 Å². The highest BCUT2D eigenvalue weighted by Gasteiger charge is 2.20. The summed E-state index contributed by atoms with van der Waals surface area (Å²) in [5, 5.41) is 0. The van der Waals surface area contributed by atoms with Crippen LogP contribution in [0.3, 0.4) is 0 Å². The van der Waals surface area contributed by atoms with Crippen molar-refractivity contribution in [1.82, 2.24) is 14.9 Å². The van der Waals surface area contributed by atoms with Gasteiger partial charge in [0.1, 0.15) is 0 Å². The topological polar surface area (TPSA) is 75.4 Å². The molecular formula is C16H19N5O. The Morgan fingerprint density at radius 1 is 1.09 bits per heavy atom. The molecule has 1 aromatic carbocycles. The predicted molar refractivity (Wildman–Crippen MR) is 85.9 cm³/mol. The number of piperazine rings is 1. The van der Waals surface area contributed by atoms with Gasteiger partial charge in [-0.2, -0.15) is 0 Å². The lowest BCUT2D eigenvalue weighted by molar-refractivity contribution is 0.0926. The fraction of sp³-hybridized carbons (Fsp3) is 0.312. The van der Waals surface area contributed by atoms with Crippen LogP contribution in [0.5, 0.6) is 0 Å². The Morgan fingerprint density at radius 3 is 2.50 bits per heavy atom. The van der Waals surface area contributed by atoms with Gasteiger partial charge in [-0.3, -0.25) is 9.69 Å². The van der Waals surface area contributed by atoms with Gasteiger partial charge in [-0.15, -0.1) is 0 Å². The summed E-state index contributed by atoms with van der Waals surface area (Å²) >= 11 is 0. The van der Waals surface area contributed by atoms with Gasteiger partial charge in [0.2, 0.25) is 5.95 Å². The summed E-state index contributed by atoms with van der Waals surface area (Å²) in [6.07, 6.45) is 3.50. The maximum absolute atomic E-state index is 12.3. The first-order chi connectivity index (χ1) is 10.7. The molecule has 22 heavy (non-hydrogen) atoms. The summed E-state index contributed by atoms with van der Waals surface area (Å²) in [4.78, 5) is 25.1. The number of ketones is 1. The highest BCUT2D eigenvalue weighted by molar-refractivity contribution is 5.98. The molecule has 0 amide bonds. The zero-order valence-corrected chi connectivity index (χ0v) is 12.4. The Bertz CT molecular complexity index is 638. The van der Waals surface area contributed by atoms with Crippen LogP contribution in [-0.2, 0) is 0 Å². The van der Waals surface area contributed by atoms with Gasteiger partial charge >= 0.3 is 0 Å². The fourth-order valence-corrected chi connectivity index (χ4v) is 2.57. The van der Waals surface area contributed by atoms with Crippen LogP contribution >= 0.6 is 0 Å². The number of nitrogens with zero attached hydrogens (tertiary/aromatic N) is 4. The molecule has 0 atom stereocenters. The van der Waals surface area contributed by atoms with Crippen LogP contribution in [-0.4, -0.2) is 53.4 Å². The van der Waals surface area contributed by atoms with E-state index in [9.17, 15) is 4.79 Å². The van der Waals surface area contributed by atoms with E-state index in [0.29, 0.717) is 17.8 Å². The fourth-order valence-electron chi connectivity index (χ4n) is 2.57. The number of aromatic nitrogens is 2. The van der Waals surface area contributed by atoms with Crippen LogP contribution in [0.2, 0.25) is 0 Å². The van der Waals surface area contributed by atoms with Gasteiger partial charge in [0, 0.05) is 49.8 Å². The number of carbonyl (C=O) groups is 1. The minimum Gasteiger partial charge on any atom is -0.399 e. The summed E-state index contributed by atoms with van der Waals surface area (Å²) < 4.78 is 0. The van der Waals surface area contributed by atoms with Crippen molar-refractivity contribution in [1.29, 1.82) is 0 Å². The van der Waals surface area contributed by atoms with Gasteiger partial charge in [-0.05, 0) is 18.2 Å². The first-order valence-corrected chi connectivity index (χ1v) is 7.35. The highest BCUT2D eigenvalue weighted by atomic mass is 16.1. The molecule has 1 aliphatic rings. The van der Waals surface area contributed by atoms with Gasteiger partial charge in [-0.25, -0.2) is 9.97 Å². The lowest BCUT2D eigenvalue weighted by Crippen LogP contribution is -2.48. The van der Waals surface area contributed by atoms with Crippen molar-refractivity contribution in [3.63, 3.8) is 0 Å². The third-order valence-corrected chi connectivity index (χ3v) is 3.78. The normalized spacial score (nSPS) is 15.7. The van der Waals surface area contributed by atoms with Crippen LogP contribution in [0.4, 0.5) is 11.6 Å². The molecule has 0 radical (unpaired) electrons. The second-order valence-electron chi connectivity index (χ2n) is 5.36. The standard InChI is InChI=1S/C16H19N5O/c17-14-4-1-3-13(11-14)15(22)12-20-7-9-21(10-8-20)16-18-5-2-6-19-16/h1-6,11H,7-10,12,17H2. The molecule has 0 spiro atoms. The van der Waals surface area contributed by atoms with Crippen molar-refractivity contribution >= 4 is 17.4 Å². The molecule has 1 aliphatic heterocycles. The van der Waals surface area contributed by atoms with Crippen LogP contribution in [0.1, 0.15) is 10.4 Å². The van der Waals surface area contributed by atoms with E-state index in [2.05, 4.69) is 19.8 Å². The number of Topliss-reactive ketones (excluding diaryl/α,β-unsaturated/α-hetero) is 1. The van der Waals surface area contributed by atoms with Gasteiger partial charge < -0.3 is 10.6 Å². The van der Waals surface area contributed by atoms with E-state index in [1.165, 1.54) is 0 Å². The lowest BCUT2D eigenvalue weighted by atomic mass is 10.1. The molecule has 0 saturated carbocycles. The molecular weight excluding hydrogens is 278 g/mol. The Kier molecular flexibility index (Phi) is 4.29. The molecule has 2 aromatic rings. The Labute approximate surface area is 129 Å². The highest BCUT2D eigenvalue weighted by Crippen LogP contribution is 2.12. The van der Waals surface area contributed by atoms with E-state index in [-0.39, 0.29) is 5.78 Å². The first-order valence-electron chi connectivity index (χ1n) is 7.35. The summed E-state index contributed by atoms with van der Waals surface area (Å²) in [6.45, 7) is 3.73. The molecule has 0 aliphatic carbocycles. The molecule has 6 nitrogen and oxygen atoms in total. The zero-order chi connectivity index (χ0) is 15.4. The van der Waals surface area contributed by atoms with Crippen molar-refractivity contribution < 1.29 is 4.79 Å². The number of hydrogen-bond donors (Lipinski definition) is 1. The number of rotatable bonds is 4. The molecule has 114 valence electrons. The Morgan fingerprint density at radius 2 is 1.82 bits per heavy atom. The number of hydrogen-bond acceptors (Lipinski definition) is 6. The number of carbonyl (C=O) groups excluding carboxylic acids is 1. The average Bonchev–Trinajstić information content (AvgIpc) is 2.56. The summed E-state index contributed by atoms with van der Waals surface area (Å²) in [5.41, 5.74) is 7.02. The molecule has 3 rings (SSSR count). The number of benzene rings is 1. The van der Waals surface area contributed by atoms with Gasteiger partial charge in [0.15, 0.2) is 5.78 Å². The smallest absolute Gasteiger partial charge is 0.225 e. The molecule has 1 fully saturated rings. The third-order valence-electron chi connectivity index (χ3n) is 3.78. The van der Waals surface area contributed by atoms with Gasteiger partial charge in [0.25, 0.3) is 0 Å². The van der Waals surface area contributed by atoms with Crippen LogP contribution in [0.15, 0.2) is 42.7 Å². The maximum atomic E-state index is 12.3. The molecule has 0 bridgehead atoms. The van der Waals surface area contributed by atoms with Crippen LogP contribution in [0.25, 0.3) is 0 Å². The SMILES string of the molecule is Nc1cccc(C(=O)CN2CCN(c3ncccn3)CC2)c1. The zero-order valence-electron chi connectivity index (χ0n) is 12.4. The maximum Gasteiger partial charge on any atom is 0.225 e. The number of nitrogens with two attached hydrogens (primary N) is 1. The Hall–Kier alpha value is -2.47. The van der Waals surface area contributed by atoms with Crippen molar-refractivity contribution in [3.05, 3.63) is 48.3 Å². The second kappa shape index (κ2) is 6.53. The van der Waals surface area contributed by atoms with Gasteiger partial charge in [-0.1, -0.05) is 12.1 Å². The minimum atomic E-state index is 0.108. The van der Waals surface area contributed by atoms with Crippen LogP contribution in [0, 0.1) is 0 Å². The van der Waals surface area contributed by atoms with E-state index in [4.69, 9.17) is 5.73 Å². The summed E-state index contributed by atoms with van der Waals surface area (Å²) in [6, 6.07) is 8.95. The van der Waals surface area contributed by atoms with Crippen molar-refractivity contribution in [2.75, 3.05) is 43.4 Å². The van der Waals surface area contributed by atoms with Crippen molar-refractivity contribution in [3.8, 4) is 0 Å². The monoisotopic (exact) mass is 297 g/mol. The quantitative estimate of drug-likeness (QED) is 0.672. The average molecular weight is 297 g/mol. The van der Waals surface area contributed by atoms with E-state index in [0.717, 1.165) is 32.1 Å². The number of anilines is 2. The van der Waals surface area contributed by atoms with Crippen molar-refractivity contribution in [2.45, 2.75) is 0 Å². The van der Waals surface area contributed by atoms with E-state index >= 15 is 0 Å². The lowest BCUT2D eigenvalue weighted by Gasteiger charge is -2.34. The summed E-state index contributed by atoms with van der Waals surface area (Å²) in [7, 11) is 0. The van der Waals surface area contributed by atoms with E-state index < -0.39 is 0 Å². The van der Waals surface area contributed by atoms with E-state index in [1.54, 1.807) is 24.5 Å². The third kappa shape index (κ3) is 3.40. The molecule has 6 heteroatoms. The Balaban J connectivity index is 1.55. The molecule has 1 saturated heterocycles. The molecule has 2 N–H and O–H groups in total. The molecule has 2 heterocycles.